The number of carbonyl (C=O) groups excluding carboxylic acids is 1. The Labute approximate surface area is 109 Å². The summed E-state index contributed by atoms with van der Waals surface area (Å²) in [5.41, 5.74) is 0. The van der Waals surface area contributed by atoms with Crippen LogP contribution in [0.15, 0.2) is 30.3 Å². The molecule has 1 aromatic carbocycles. The molecular formula is C15H21NO2. The molecule has 1 saturated heterocycles. The molecule has 0 spiro atoms. The number of nitrogens with zero attached hydrogens (tertiary/aromatic N) is 1. The molecule has 3 nitrogen and oxygen atoms in total. The number of rotatable bonds is 4. The van der Waals surface area contributed by atoms with Gasteiger partial charge in [-0.3, -0.25) is 4.79 Å². The average Bonchev–Trinajstić information content (AvgIpc) is 2.86. The van der Waals surface area contributed by atoms with E-state index in [4.69, 9.17) is 4.74 Å². The molecule has 18 heavy (non-hydrogen) atoms. The van der Waals surface area contributed by atoms with Crippen molar-refractivity contribution in [3.05, 3.63) is 30.3 Å². The molecule has 1 aliphatic heterocycles. The predicted molar refractivity (Wildman–Crippen MR) is 71.5 cm³/mol. The highest BCUT2D eigenvalue weighted by molar-refractivity contribution is 5.78. The van der Waals surface area contributed by atoms with E-state index in [1.165, 1.54) is 0 Å². The summed E-state index contributed by atoms with van der Waals surface area (Å²) < 4.78 is 5.52. The number of carbonyl (C=O) groups is 1. The third-order valence-corrected chi connectivity index (χ3v) is 3.49. The molecule has 3 heteroatoms. The molecule has 0 saturated carbocycles. The standard InChI is InChI=1S/C15H21NO2/c1-12(2)14-9-6-10-16(14)15(17)11-18-13-7-4-3-5-8-13/h3-5,7-8,12,14H,6,9-11H2,1-2H3. The van der Waals surface area contributed by atoms with Crippen LogP contribution in [-0.4, -0.2) is 30.0 Å². The second-order valence-corrected chi connectivity index (χ2v) is 5.14. The molecule has 0 aromatic heterocycles. The molecule has 1 aromatic rings. The largest absolute Gasteiger partial charge is 0.484 e. The summed E-state index contributed by atoms with van der Waals surface area (Å²) in [6.45, 7) is 5.37. The monoisotopic (exact) mass is 247 g/mol. The number of amides is 1. The van der Waals surface area contributed by atoms with E-state index in [2.05, 4.69) is 13.8 Å². The highest BCUT2D eigenvalue weighted by atomic mass is 16.5. The normalized spacial score (nSPS) is 19.3. The summed E-state index contributed by atoms with van der Waals surface area (Å²) >= 11 is 0. The quantitative estimate of drug-likeness (QED) is 0.818. The number of hydrogen-bond donors (Lipinski definition) is 0. The number of hydrogen-bond acceptors (Lipinski definition) is 2. The molecule has 1 fully saturated rings. The van der Waals surface area contributed by atoms with Gasteiger partial charge in [0, 0.05) is 12.6 Å². The molecule has 0 N–H and O–H groups in total. The van der Waals surface area contributed by atoms with Crippen molar-refractivity contribution in [1.29, 1.82) is 0 Å². The van der Waals surface area contributed by atoms with Crippen LogP contribution in [0, 0.1) is 5.92 Å². The Morgan fingerprint density at radius 2 is 2.11 bits per heavy atom. The van der Waals surface area contributed by atoms with Gasteiger partial charge in [-0.15, -0.1) is 0 Å². The van der Waals surface area contributed by atoms with Crippen molar-refractivity contribution in [1.82, 2.24) is 4.90 Å². The molecule has 1 amide bonds. The third-order valence-electron chi connectivity index (χ3n) is 3.49. The maximum atomic E-state index is 12.1. The molecule has 1 aliphatic rings. The lowest BCUT2D eigenvalue weighted by Gasteiger charge is -2.27. The summed E-state index contributed by atoms with van der Waals surface area (Å²) in [5, 5.41) is 0. The van der Waals surface area contributed by atoms with Gasteiger partial charge < -0.3 is 9.64 Å². The van der Waals surface area contributed by atoms with Crippen molar-refractivity contribution in [2.45, 2.75) is 32.7 Å². The van der Waals surface area contributed by atoms with E-state index in [1.807, 2.05) is 35.2 Å². The van der Waals surface area contributed by atoms with Crippen molar-refractivity contribution in [2.75, 3.05) is 13.2 Å². The molecule has 2 rings (SSSR count). The molecule has 0 radical (unpaired) electrons. The SMILES string of the molecule is CC(C)C1CCCN1C(=O)COc1ccccc1. The Bertz CT molecular complexity index is 389. The Morgan fingerprint density at radius 3 is 2.78 bits per heavy atom. The van der Waals surface area contributed by atoms with Crippen molar-refractivity contribution >= 4 is 5.91 Å². The minimum Gasteiger partial charge on any atom is -0.484 e. The van der Waals surface area contributed by atoms with Gasteiger partial charge in [0.25, 0.3) is 5.91 Å². The zero-order valence-electron chi connectivity index (χ0n) is 11.1. The first-order chi connectivity index (χ1) is 8.68. The van der Waals surface area contributed by atoms with E-state index in [0.717, 1.165) is 25.1 Å². The van der Waals surface area contributed by atoms with Crippen molar-refractivity contribution < 1.29 is 9.53 Å². The lowest BCUT2D eigenvalue weighted by atomic mass is 10.0. The van der Waals surface area contributed by atoms with Crippen molar-refractivity contribution in [3.63, 3.8) is 0 Å². The Morgan fingerprint density at radius 1 is 1.39 bits per heavy atom. The van der Waals surface area contributed by atoms with Gasteiger partial charge in [-0.25, -0.2) is 0 Å². The number of ether oxygens (including phenoxy) is 1. The summed E-state index contributed by atoms with van der Waals surface area (Å²) in [5.74, 6) is 1.38. The van der Waals surface area contributed by atoms with Crippen LogP contribution in [0.3, 0.4) is 0 Å². The van der Waals surface area contributed by atoms with Crippen LogP contribution in [0.25, 0.3) is 0 Å². The second-order valence-electron chi connectivity index (χ2n) is 5.14. The number of para-hydroxylation sites is 1. The highest BCUT2D eigenvalue weighted by Gasteiger charge is 2.30. The van der Waals surface area contributed by atoms with Crippen LogP contribution >= 0.6 is 0 Å². The average molecular weight is 247 g/mol. The topological polar surface area (TPSA) is 29.5 Å². The maximum Gasteiger partial charge on any atom is 0.260 e. The van der Waals surface area contributed by atoms with Crippen molar-refractivity contribution in [3.8, 4) is 5.75 Å². The van der Waals surface area contributed by atoms with Gasteiger partial charge in [-0.05, 0) is 30.9 Å². The smallest absolute Gasteiger partial charge is 0.260 e. The molecule has 1 unspecified atom stereocenters. The first-order valence-electron chi connectivity index (χ1n) is 6.66. The van der Waals surface area contributed by atoms with Gasteiger partial charge >= 0.3 is 0 Å². The van der Waals surface area contributed by atoms with Gasteiger partial charge in [-0.2, -0.15) is 0 Å². The summed E-state index contributed by atoms with van der Waals surface area (Å²) in [6, 6.07) is 9.88. The van der Waals surface area contributed by atoms with Crippen LogP contribution in [-0.2, 0) is 4.79 Å². The van der Waals surface area contributed by atoms with Gasteiger partial charge in [0.2, 0.25) is 0 Å². The van der Waals surface area contributed by atoms with E-state index in [9.17, 15) is 4.79 Å². The van der Waals surface area contributed by atoms with Gasteiger partial charge in [0.1, 0.15) is 5.75 Å². The lowest BCUT2D eigenvalue weighted by molar-refractivity contribution is -0.134. The zero-order valence-corrected chi connectivity index (χ0v) is 11.1. The van der Waals surface area contributed by atoms with Gasteiger partial charge in [-0.1, -0.05) is 32.0 Å². The van der Waals surface area contributed by atoms with E-state index < -0.39 is 0 Å². The van der Waals surface area contributed by atoms with Crippen LogP contribution in [0.5, 0.6) is 5.75 Å². The Hall–Kier alpha value is -1.51. The van der Waals surface area contributed by atoms with E-state index >= 15 is 0 Å². The predicted octanol–water partition coefficient (Wildman–Crippen LogP) is 2.71. The van der Waals surface area contributed by atoms with Gasteiger partial charge in [0.05, 0.1) is 0 Å². The molecule has 1 atom stereocenters. The van der Waals surface area contributed by atoms with Gasteiger partial charge in [0.15, 0.2) is 6.61 Å². The summed E-state index contributed by atoms with van der Waals surface area (Å²) in [7, 11) is 0. The maximum absolute atomic E-state index is 12.1. The number of likely N-dealkylation sites (tertiary alicyclic amines) is 1. The molecule has 1 heterocycles. The molecule has 0 aliphatic carbocycles. The van der Waals surface area contributed by atoms with Crippen LogP contribution in [0.4, 0.5) is 0 Å². The fraction of sp³-hybridized carbons (Fsp3) is 0.533. The Kier molecular flexibility index (Phi) is 4.24. The minimum absolute atomic E-state index is 0.107. The Balaban J connectivity index is 1.88. The van der Waals surface area contributed by atoms with E-state index in [-0.39, 0.29) is 12.5 Å². The fourth-order valence-electron chi connectivity index (χ4n) is 2.54. The van der Waals surface area contributed by atoms with Crippen LogP contribution in [0.2, 0.25) is 0 Å². The highest BCUT2D eigenvalue weighted by Crippen LogP contribution is 2.23. The van der Waals surface area contributed by atoms with Crippen molar-refractivity contribution in [2.24, 2.45) is 5.92 Å². The molecule has 98 valence electrons. The molecular weight excluding hydrogens is 226 g/mol. The van der Waals surface area contributed by atoms with Crippen LogP contribution < -0.4 is 4.74 Å². The van der Waals surface area contributed by atoms with E-state index in [1.54, 1.807) is 0 Å². The lowest BCUT2D eigenvalue weighted by Crippen LogP contribution is -2.41. The number of benzene rings is 1. The summed E-state index contributed by atoms with van der Waals surface area (Å²) in [4.78, 5) is 14.1. The third kappa shape index (κ3) is 3.03. The molecule has 0 bridgehead atoms. The summed E-state index contributed by atoms with van der Waals surface area (Å²) in [6.07, 6.45) is 2.23. The second kappa shape index (κ2) is 5.89. The van der Waals surface area contributed by atoms with Crippen LogP contribution in [0.1, 0.15) is 26.7 Å². The minimum atomic E-state index is 0.107. The zero-order chi connectivity index (χ0) is 13.0. The first-order valence-corrected chi connectivity index (χ1v) is 6.66. The fourth-order valence-corrected chi connectivity index (χ4v) is 2.54. The van der Waals surface area contributed by atoms with E-state index in [0.29, 0.717) is 12.0 Å². The first kappa shape index (κ1) is 12.9.